The lowest BCUT2D eigenvalue weighted by Crippen LogP contribution is -2.37. The van der Waals surface area contributed by atoms with Gasteiger partial charge in [-0.1, -0.05) is 18.2 Å². The Hall–Kier alpha value is -3.13. The van der Waals surface area contributed by atoms with Crippen LogP contribution in [0, 0.1) is 19.8 Å². The number of benzene rings is 1. The summed E-state index contributed by atoms with van der Waals surface area (Å²) < 4.78 is 20.2. The summed E-state index contributed by atoms with van der Waals surface area (Å²) >= 11 is 0. The number of hydrogen-bond acceptors (Lipinski definition) is 4. The molecule has 0 unspecified atom stereocenters. The first kappa shape index (κ1) is 26.9. The number of piperidine rings is 1. The summed E-state index contributed by atoms with van der Waals surface area (Å²) in [5.41, 5.74) is 3.47. The highest BCUT2D eigenvalue weighted by Crippen LogP contribution is 2.35. The van der Waals surface area contributed by atoms with Gasteiger partial charge in [-0.15, -0.1) is 0 Å². The van der Waals surface area contributed by atoms with Crippen molar-refractivity contribution < 1.29 is 13.9 Å². The molecule has 1 fully saturated rings. The summed E-state index contributed by atoms with van der Waals surface area (Å²) in [6, 6.07) is 10.0. The van der Waals surface area contributed by atoms with Crippen LogP contribution in [0.3, 0.4) is 0 Å². The fourth-order valence-electron chi connectivity index (χ4n) is 5.80. The molecule has 1 atom stereocenters. The van der Waals surface area contributed by atoms with Gasteiger partial charge >= 0.3 is 0 Å². The number of hydrogen-bond donors (Lipinski definition) is 2. The summed E-state index contributed by atoms with van der Waals surface area (Å²) in [5, 5.41) is 3.87. The number of nitrogens with zero attached hydrogens (tertiary/aromatic N) is 2. The van der Waals surface area contributed by atoms with Crippen LogP contribution in [0.5, 0.6) is 5.75 Å². The average Bonchev–Trinajstić information content (AvgIpc) is 3.19. The van der Waals surface area contributed by atoms with Crippen molar-refractivity contribution in [3.8, 4) is 5.75 Å². The Labute approximate surface area is 218 Å². The van der Waals surface area contributed by atoms with Crippen molar-refractivity contribution in [1.82, 2.24) is 19.8 Å². The van der Waals surface area contributed by atoms with Gasteiger partial charge in [0.1, 0.15) is 5.75 Å². The number of unbranched alkanes of at least 4 members (excludes halogenated alkanes) is 1. The molecule has 1 aromatic carbocycles. The zero-order chi connectivity index (χ0) is 26.5. The number of aromatic nitrogens is 2. The summed E-state index contributed by atoms with van der Waals surface area (Å²) in [6.45, 7) is 8.92. The minimum atomic E-state index is -0.263. The molecule has 0 saturated carbocycles. The van der Waals surface area contributed by atoms with Crippen LogP contribution in [0.25, 0.3) is 10.9 Å². The van der Waals surface area contributed by atoms with Crippen molar-refractivity contribution in [2.75, 3.05) is 33.4 Å². The number of likely N-dealkylation sites (tertiary alicyclic amines) is 1. The number of nitrogens with one attached hydrogen (secondary N) is 2. The van der Waals surface area contributed by atoms with Gasteiger partial charge in [0.2, 0.25) is 0 Å². The number of ether oxygens (including phenoxy) is 1. The van der Waals surface area contributed by atoms with Crippen molar-refractivity contribution in [1.29, 1.82) is 0 Å². The molecule has 0 spiro atoms. The van der Waals surface area contributed by atoms with Gasteiger partial charge in [0.05, 0.1) is 31.5 Å². The number of aryl methyl sites for hydroxylation is 1. The first-order valence-electron chi connectivity index (χ1n) is 13.3. The van der Waals surface area contributed by atoms with Crippen LogP contribution in [-0.4, -0.2) is 53.8 Å². The second kappa shape index (κ2) is 11.9. The van der Waals surface area contributed by atoms with E-state index in [1.807, 2.05) is 25.1 Å². The second-order valence-corrected chi connectivity index (χ2v) is 10.2. The minimum Gasteiger partial charge on any atom is -0.496 e. The van der Waals surface area contributed by atoms with Gasteiger partial charge in [-0.3, -0.25) is 14.0 Å². The lowest BCUT2D eigenvalue weighted by Gasteiger charge is -2.36. The van der Waals surface area contributed by atoms with E-state index in [-0.39, 0.29) is 30.7 Å². The molecule has 4 rings (SSSR count). The molecule has 2 N–H and O–H groups in total. The molecule has 8 heteroatoms. The highest BCUT2D eigenvalue weighted by atomic mass is 19.1. The maximum Gasteiger partial charge on any atom is 0.256 e. The van der Waals surface area contributed by atoms with E-state index in [1.165, 1.54) is 7.11 Å². The van der Waals surface area contributed by atoms with Crippen LogP contribution in [0.1, 0.15) is 66.0 Å². The Morgan fingerprint density at radius 2 is 1.95 bits per heavy atom. The average molecular weight is 511 g/mol. The van der Waals surface area contributed by atoms with Crippen LogP contribution in [-0.2, 0) is 6.54 Å². The van der Waals surface area contributed by atoms with Crippen molar-refractivity contribution in [3.63, 3.8) is 0 Å². The number of alkyl halides is 1. The monoisotopic (exact) mass is 510 g/mol. The maximum atomic E-state index is 13.5. The van der Waals surface area contributed by atoms with E-state index >= 15 is 0 Å². The van der Waals surface area contributed by atoms with E-state index < -0.39 is 0 Å². The van der Waals surface area contributed by atoms with E-state index in [4.69, 9.17) is 4.74 Å². The Bertz CT molecular complexity index is 1290. The summed E-state index contributed by atoms with van der Waals surface area (Å²) in [5.74, 6) is 0.757. The highest BCUT2D eigenvalue weighted by Gasteiger charge is 2.29. The van der Waals surface area contributed by atoms with E-state index in [2.05, 4.69) is 32.8 Å². The number of halogens is 1. The summed E-state index contributed by atoms with van der Waals surface area (Å²) in [4.78, 5) is 31.2. The SMILES string of the molecule is COc1cc(C)[nH]c(=O)c1CNC(=O)c1c(C)n([C@H](C)C2CCN(CCCCF)CC2)c2ccccc12. The molecule has 3 heterocycles. The molecule has 0 bridgehead atoms. The molecule has 1 amide bonds. The summed E-state index contributed by atoms with van der Waals surface area (Å²) in [6.07, 6.45) is 3.72. The fraction of sp³-hybridized carbons (Fsp3) is 0.517. The number of rotatable bonds is 10. The lowest BCUT2D eigenvalue weighted by atomic mass is 9.89. The van der Waals surface area contributed by atoms with Crippen LogP contribution in [0.4, 0.5) is 4.39 Å². The van der Waals surface area contributed by atoms with Gasteiger partial charge < -0.3 is 24.5 Å². The Balaban J connectivity index is 1.55. The zero-order valence-corrected chi connectivity index (χ0v) is 22.4. The molecule has 7 nitrogen and oxygen atoms in total. The largest absolute Gasteiger partial charge is 0.496 e. The number of carbonyl (C=O) groups is 1. The van der Waals surface area contributed by atoms with Crippen LogP contribution >= 0.6 is 0 Å². The van der Waals surface area contributed by atoms with Crippen LogP contribution in [0.2, 0.25) is 0 Å². The predicted molar refractivity (Wildman–Crippen MR) is 145 cm³/mol. The molecule has 0 radical (unpaired) electrons. The lowest BCUT2D eigenvalue weighted by molar-refractivity contribution is 0.0951. The van der Waals surface area contributed by atoms with E-state index in [0.717, 1.165) is 55.5 Å². The van der Waals surface area contributed by atoms with Gasteiger partial charge in [0.25, 0.3) is 11.5 Å². The van der Waals surface area contributed by atoms with E-state index in [0.29, 0.717) is 34.9 Å². The standard InChI is InChI=1S/C29H39FN4O3/c1-19-17-26(37-4)24(28(35)32-19)18-31-29(36)27-21(3)34(25-10-6-5-9-23(25)27)20(2)22-11-15-33(16-12-22)14-8-7-13-30/h5-6,9-10,17,20,22H,7-8,11-16,18H2,1-4H3,(H,31,36)(H,32,35)/t20-/m1/s1. The Kier molecular flexibility index (Phi) is 8.69. The molecule has 1 aliphatic rings. The number of carbonyl (C=O) groups excluding carboxylic acids is 1. The molecule has 200 valence electrons. The molecular formula is C29H39FN4O3. The third kappa shape index (κ3) is 5.74. The van der Waals surface area contributed by atoms with Crippen LogP contribution < -0.4 is 15.6 Å². The van der Waals surface area contributed by atoms with Gasteiger partial charge in [-0.25, -0.2) is 0 Å². The first-order valence-corrected chi connectivity index (χ1v) is 13.3. The maximum absolute atomic E-state index is 13.5. The molecule has 2 aromatic heterocycles. The number of methoxy groups -OCH3 is 1. The smallest absolute Gasteiger partial charge is 0.256 e. The summed E-state index contributed by atoms with van der Waals surface area (Å²) in [7, 11) is 1.52. The number of amides is 1. The van der Waals surface area contributed by atoms with Crippen molar-refractivity contribution in [2.24, 2.45) is 5.92 Å². The number of H-pyrrole nitrogens is 1. The first-order chi connectivity index (χ1) is 17.8. The minimum absolute atomic E-state index is 0.0764. The quantitative estimate of drug-likeness (QED) is 0.380. The fourth-order valence-corrected chi connectivity index (χ4v) is 5.80. The highest BCUT2D eigenvalue weighted by molar-refractivity contribution is 6.08. The van der Waals surface area contributed by atoms with Crippen molar-refractivity contribution in [3.05, 3.63) is 63.2 Å². The number of fused-ring (bicyclic) bond motifs is 1. The second-order valence-electron chi connectivity index (χ2n) is 10.2. The van der Waals surface area contributed by atoms with Gasteiger partial charge in [0, 0.05) is 28.3 Å². The van der Waals surface area contributed by atoms with Gasteiger partial charge in [-0.2, -0.15) is 0 Å². The van der Waals surface area contributed by atoms with Gasteiger partial charge in [0.15, 0.2) is 0 Å². The molecule has 3 aromatic rings. The van der Waals surface area contributed by atoms with Crippen molar-refractivity contribution >= 4 is 16.8 Å². The molecule has 1 saturated heterocycles. The van der Waals surface area contributed by atoms with E-state index in [9.17, 15) is 14.0 Å². The normalized spacial score (nSPS) is 15.7. The predicted octanol–water partition coefficient (Wildman–Crippen LogP) is 4.91. The Morgan fingerprint density at radius 3 is 2.65 bits per heavy atom. The molecule has 0 aliphatic carbocycles. The molecule has 37 heavy (non-hydrogen) atoms. The number of pyridine rings is 1. The van der Waals surface area contributed by atoms with Crippen LogP contribution in [0.15, 0.2) is 35.1 Å². The van der Waals surface area contributed by atoms with E-state index in [1.54, 1.807) is 13.0 Å². The zero-order valence-electron chi connectivity index (χ0n) is 22.4. The Morgan fingerprint density at radius 1 is 1.22 bits per heavy atom. The number of para-hydroxylation sites is 1. The molecule has 1 aliphatic heterocycles. The molecular weight excluding hydrogens is 471 g/mol. The van der Waals surface area contributed by atoms with Gasteiger partial charge in [-0.05, 0) is 84.1 Å². The third-order valence-electron chi connectivity index (χ3n) is 7.84. The number of aromatic amines is 1. The topological polar surface area (TPSA) is 79.4 Å². The third-order valence-corrected chi connectivity index (χ3v) is 7.84. The van der Waals surface area contributed by atoms with Crippen molar-refractivity contribution in [2.45, 2.75) is 59.0 Å².